The van der Waals surface area contributed by atoms with Crippen LogP contribution in [0.1, 0.15) is 12.5 Å². The Morgan fingerprint density at radius 3 is 1.97 bits per heavy atom. The van der Waals surface area contributed by atoms with Gasteiger partial charge in [0.05, 0.1) is 33.5 Å². The zero-order chi connectivity index (χ0) is 26.6. The maximum absolute atomic E-state index is 10.5. The van der Waals surface area contributed by atoms with Crippen molar-refractivity contribution in [2.75, 3.05) is 27.4 Å². The Morgan fingerprint density at radius 1 is 0.806 bits per heavy atom. The SMILES string of the molecule is COc1cc(/C=C/CO)cc(OC)c1O[C@@H]1O[C@H](CO[C@@H]2O[C@@H](C)[C@H](O)[C@@H](O)[C@H]2O)[C@@H](O)[C@H](O)[C@H]1O. The van der Waals surface area contributed by atoms with E-state index >= 15 is 0 Å². The van der Waals surface area contributed by atoms with E-state index in [1.807, 2.05) is 0 Å². The highest BCUT2D eigenvalue weighted by Crippen LogP contribution is 2.41. The molecule has 2 aliphatic heterocycles. The lowest BCUT2D eigenvalue weighted by molar-refractivity contribution is -0.318. The summed E-state index contributed by atoms with van der Waals surface area (Å²) in [7, 11) is 2.77. The number of methoxy groups -OCH3 is 2. The first-order chi connectivity index (χ1) is 17.1. The number of aliphatic hydroxyl groups excluding tert-OH is 7. The van der Waals surface area contributed by atoms with Gasteiger partial charge in [-0.25, -0.2) is 0 Å². The summed E-state index contributed by atoms with van der Waals surface area (Å²) in [6, 6.07) is 3.18. The van der Waals surface area contributed by atoms with E-state index in [1.54, 1.807) is 18.2 Å². The van der Waals surface area contributed by atoms with Gasteiger partial charge in [0.15, 0.2) is 17.8 Å². The molecule has 0 aliphatic carbocycles. The van der Waals surface area contributed by atoms with E-state index < -0.39 is 68.0 Å². The first kappa shape index (κ1) is 28.5. The summed E-state index contributed by atoms with van der Waals surface area (Å²) in [5.74, 6) is 0.457. The summed E-state index contributed by atoms with van der Waals surface area (Å²) in [6.45, 7) is 0.884. The predicted octanol–water partition coefficient (Wildman–Crippen LogP) is -2.26. The maximum Gasteiger partial charge on any atom is 0.229 e. The Hall–Kier alpha value is -2.04. The van der Waals surface area contributed by atoms with Crippen molar-refractivity contribution in [1.82, 2.24) is 0 Å². The fourth-order valence-electron chi connectivity index (χ4n) is 3.91. The molecule has 36 heavy (non-hydrogen) atoms. The van der Waals surface area contributed by atoms with Crippen molar-refractivity contribution in [2.24, 2.45) is 0 Å². The molecule has 1 aromatic carbocycles. The average molecular weight is 519 g/mol. The van der Waals surface area contributed by atoms with E-state index in [2.05, 4.69) is 0 Å². The summed E-state index contributed by atoms with van der Waals surface area (Å²) in [6.07, 6.45) is -11.2. The Morgan fingerprint density at radius 2 is 1.39 bits per heavy atom. The zero-order valence-electron chi connectivity index (χ0n) is 20.1. The van der Waals surface area contributed by atoms with Crippen LogP contribution in [0.4, 0.5) is 0 Å². The van der Waals surface area contributed by atoms with E-state index in [0.717, 1.165) is 0 Å². The highest BCUT2D eigenvalue weighted by atomic mass is 16.7. The molecule has 3 rings (SSSR count). The molecule has 0 unspecified atom stereocenters. The van der Waals surface area contributed by atoms with Crippen LogP contribution >= 0.6 is 0 Å². The Kier molecular flexibility index (Phi) is 9.88. The lowest BCUT2D eigenvalue weighted by Gasteiger charge is -2.42. The second-order valence-electron chi connectivity index (χ2n) is 8.49. The molecule has 7 N–H and O–H groups in total. The summed E-state index contributed by atoms with van der Waals surface area (Å²) in [4.78, 5) is 0. The third-order valence-electron chi connectivity index (χ3n) is 6.03. The highest BCUT2D eigenvalue weighted by molar-refractivity contribution is 5.62. The second-order valence-corrected chi connectivity index (χ2v) is 8.49. The van der Waals surface area contributed by atoms with E-state index in [1.165, 1.54) is 27.2 Å². The van der Waals surface area contributed by atoms with Crippen LogP contribution in [0.5, 0.6) is 17.2 Å². The van der Waals surface area contributed by atoms with Crippen LogP contribution in [0, 0.1) is 0 Å². The number of hydrogen-bond acceptors (Lipinski definition) is 13. The lowest BCUT2D eigenvalue weighted by Crippen LogP contribution is -2.61. The molecule has 0 aromatic heterocycles. The summed E-state index contributed by atoms with van der Waals surface area (Å²) >= 11 is 0. The second kappa shape index (κ2) is 12.5. The van der Waals surface area contributed by atoms with Crippen molar-refractivity contribution < 1.29 is 64.2 Å². The number of benzene rings is 1. The van der Waals surface area contributed by atoms with Crippen molar-refractivity contribution in [3.05, 3.63) is 23.8 Å². The fraction of sp³-hybridized carbons (Fsp3) is 0.652. The van der Waals surface area contributed by atoms with Crippen LogP contribution in [0.2, 0.25) is 0 Å². The molecular weight excluding hydrogens is 484 g/mol. The molecule has 0 spiro atoms. The lowest BCUT2D eigenvalue weighted by atomic mass is 9.98. The minimum atomic E-state index is -1.69. The third kappa shape index (κ3) is 6.08. The van der Waals surface area contributed by atoms with Gasteiger partial charge >= 0.3 is 0 Å². The summed E-state index contributed by atoms with van der Waals surface area (Å²) in [5, 5.41) is 70.2. The van der Waals surface area contributed by atoms with Gasteiger partial charge in [0.25, 0.3) is 0 Å². The molecule has 0 radical (unpaired) electrons. The number of aliphatic hydroxyl groups is 7. The molecule has 10 atom stereocenters. The number of hydrogen-bond donors (Lipinski definition) is 7. The van der Waals surface area contributed by atoms with Gasteiger partial charge < -0.3 is 64.2 Å². The molecule has 2 aliphatic rings. The topological polar surface area (TPSA) is 197 Å². The van der Waals surface area contributed by atoms with Gasteiger partial charge in [0.1, 0.15) is 42.7 Å². The summed E-state index contributed by atoms with van der Waals surface area (Å²) in [5.41, 5.74) is 0.629. The Labute approximate surface area is 207 Å². The van der Waals surface area contributed by atoms with Gasteiger partial charge in [-0.2, -0.15) is 0 Å². The van der Waals surface area contributed by atoms with Crippen LogP contribution in [-0.2, 0) is 14.2 Å². The molecule has 2 saturated heterocycles. The average Bonchev–Trinajstić information content (AvgIpc) is 2.88. The van der Waals surface area contributed by atoms with Gasteiger partial charge in [-0.3, -0.25) is 0 Å². The van der Waals surface area contributed by atoms with E-state index in [4.69, 9.17) is 33.5 Å². The first-order valence-corrected chi connectivity index (χ1v) is 11.3. The Bertz CT molecular complexity index is 855. The van der Waals surface area contributed by atoms with Crippen molar-refractivity contribution in [2.45, 2.75) is 68.3 Å². The molecular formula is C23H34O13. The van der Waals surface area contributed by atoms with E-state index in [0.29, 0.717) is 5.56 Å². The monoisotopic (exact) mass is 518 g/mol. The minimum absolute atomic E-state index is 0.0467. The van der Waals surface area contributed by atoms with Gasteiger partial charge in [0.2, 0.25) is 12.0 Å². The molecule has 0 amide bonds. The molecule has 204 valence electrons. The standard InChI is InChI=1S/C23H34O13/c1-10-15(25)17(27)19(29)22(34-10)33-9-14-16(26)18(28)20(30)23(35-14)36-21-12(31-2)7-11(5-4-6-24)8-13(21)32-3/h4-5,7-8,10,14-20,22-30H,6,9H2,1-3H3/b5-4+/t10-,14+,15-,16+,17+,18-,19+,20+,22+,23-/m0/s1. The molecule has 2 heterocycles. The van der Waals surface area contributed by atoms with Gasteiger partial charge in [-0.15, -0.1) is 0 Å². The van der Waals surface area contributed by atoms with Gasteiger partial charge in [-0.1, -0.05) is 12.2 Å². The molecule has 0 bridgehead atoms. The van der Waals surface area contributed by atoms with Crippen LogP contribution in [-0.4, -0.2) is 125 Å². The predicted molar refractivity (Wildman–Crippen MR) is 121 cm³/mol. The van der Waals surface area contributed by atoms with Gasteiger partial charge in [-0.05, 0) is 24.6 Å². The molecule has 13 heteroatoms. The quantitative estimate of drug-likeness (QED) is 0.185. The molecule has 1 aromatic rings. The van der Waals surface area contributed by atoms with Crippen molar-refractivity contribution in [3.63, 3.8) is 0 Å². The largest absolute Gasteiger partial charge is 0.493 e. The molecule has 13 nitrogen and oxygen atoms in total. The third-order valence-corrected chi connectivity index (χ3v) is 6.03. The van der Waals surface area contributed by atoms with E-state index in [-0.39, 0.29) is 23.9 Å². The van der Waals surface area contributed by atoms with Crippen LogP contribution in [0.25, 0.3) is 6.08 Å². The first-order valence-electron chi connectivity index (χ1n) is 11.3. The number of rotatable bonds is 9. The minimum Gasteiger partial charge on any atom is -0.493 e. The van der Waals surface area contributed by atoms with Crippen LogP contribution in [0.3, 0.4) is 0 Å². The Balaban J connectivity index is 1.76. The van der Waals surface area contributed by atoms with Crippen molar-refractivity contribution in [3.8, 4) is 17.2 Å². The van der Waals surface area contributed by atoms with Crippen molar-refractivity contribution >= 4 is 6.08 Å². The normalized spacial score (nSPS) is 37.2. The molecule has 2 fully saturated rings. The van der Waals surface area contributed by atoms with Gasteiger partial charge in [0, 0.05) is 0 Å². The van der Waals surface area contributed by atoms with Crippen molar-refractivity contribution in [1.29, 1.82) is 0 Å². The zero-order valence-corrected chi connectivity index (χ0v) is 20.1. The maximum atomic E-state index is 10.5. The number of ether oxygens (including phenoxy) is 6. The highest BCUT2D eigenvalue weighted by Gasteiger charge is 2.47. The van der Waals surface area contributed by atoms with E-state index in [9.17, 15) is 30.6 Å². The molecule has 0 saturated carbocycles. The fourth-order valence-corrected chi connectivity index (χ4v) is 3.91. The summed E-state index contributed by atoms with van der Waals surface area (Å²) < 4.78 is 33.0. The van der Waals surface area contributed by atoms with Crippen LogP contribution in [0.15, 0.2) is 18.2 Å². The van der Waals surface area contributed by atoms with Crippen LogP contribution < -0.4 is 14.2 Å². The smallest absolute Gasteiger partial charge is 0.229 e.